The molecule has 20 heavy (non-hydrogen) atoms. The molecule has 0 aromatic rings. The first-order valence-corrected chi connectivity index (χ1v) is 8.13. The zero-order valence-electron chi connectivity index (χ0n) is 13.9. The molecule has 0 heterocycles. The predicted molar refractivity (Wildman–Crippen MR) is 84.2 cm³/mol. The molecule has 0 bridgehead atoms. The van der Waals surface area contributed by atoms with E-state index in [9.17, 15) is 0 Å². The minimum Gasteiger partial charge on any atom is -0.383 e. The van der Waals surface area contributed by atoms with Crippen LogP contribution in [0.1, 0.15) is 39.5 Å². The Balaban J connectivity index is 2.51. The first-order valence-electron chi connectivity index (χ1n) is 8.13. The maximum atomic E-state index is 5.24. The number of nitrogens with one attached hydrogen (secondary N) is 1. The summed E-state index contributed by atoms with van der Waals surface area (Å²) in [4.78, 5) is 2.49. The summed E-state index contributed by atoms with van der Waals surface area (Å²) in [5, 5.41) is 3.73. The Morgan fingerprint density at radius 3 is 2.00 bits per heavy atom. The normalized spacial score (nSPS) is 16.1. The molecule has 1 saturated carbocycles. The van der Waals surface area contributed by atoms with Crippen molar-refractivity contribution in [1.29, 1.82) is 0 Å². The third-order valence-electron chi connectivity index (χ3n) is 4.63. The summed E-state index contributed by atoms with van der Waals surface area (Å²) in [6.07, 6.45) is 5.17. The van der Waals surface area contributed by atoms with Crippen LogP contribution in [-0.2, 0) is 9.47 Å². The van der Waals surface area contributed by atoms with Crippen LogP contribution in [0.3, 0.4) is 0 Å². The van der Waals surface area contributed by atoms with Gasteiger partial charge in [0.1, 0.15) is 0 Å². The topological polar surface area (TPSA) is 33.7 Å². The second-order valence-electron chi connectivity index (χ2n) is 6.12. The minimum absolute atomic E-state index is 0.379. The molecule has 0 radical (unpaired) electrons. The molecular formula is C16H34N2O2. The van der Waals surface area contributed by atoms with Gasteiger partial charge in [-0.25, -0.2) is 0 Å². The van der Waals surface area contributed by atoms with Crippen molar-refractivity contribution in [1.82, 2.24) is 10.2 Å². The second-order valence-corrected chi connectivity index (χ2v) is 6.12. The molecule has 0 unspecified atom stereocenters. The fourth-order valence-corrected chi connectivity index (χ4v) is 2.61. The van der Waals surface area contributed by atoms with Gasteiger partial charge in [0.15, 0.2) is 0 Å². The molecule has 1 aliphatic carbocycles. The van der Waals surface area contributed by atoms with E-state index in [1.807, 2.05) is 0 Å². The number of rotatable bonds is 13. The molecule has 1 fully saturated rings. The second kappa shape index (κ2) is 9.72. The summed E-state index contributed by atoms with van der Waals surface area (Å²) >= 11 is 0. The van der Waals surface area contributed by atoms with Gasteiger partial charge < -0.3 is 14.8 Å². The summed E-state index contributed by atoms with van der Waals surface area (Å²) in [6.45, 7) is 10.5. The zero-order valence-corrected chi connectivity index (χ0v) is 13.9. The smallest absolute Gasteiger partial charge is 0.0589 e. The molecule has 0 aromatic heterocycles. The van der Waals surface area contributed by atoms with E-state index in [4.69, 9.17) is 9.47 Å². The molecule has 1 aliphatic rings. The maximum absolute atomic E-state index is 5.24. The van der Waals surface area contributed by atoms with Crippen LogP contribution >= 0.6 is 0 Å². The average molecular weight is 286 g/mol. The Kier molecular flexibility index (Phi) is 8.69. The molecule has 0 amide bonds. The summed E-state index contributed by atoms with van der Waals surface area (Å²) in [5.74, 6) is 0. The summed E-state index contributed by atoms with van der Waals surface area (Å²) < 4.78 is 10.5. The molecule has 0 spiro atoms. The van der Waals surface area contributed by atoms with Crippen molar-refractivity contribution in [3.63, 3.8) is 0 Å². The summed E-state index contributed by atoms with van der Waals surface area (Å²) in [5.41, 5.74) is 0.379. The monoisotopic (exact) mass is 286 g/mol. The summed E-state index contributed by atoms with van der Waals surface area (Å²) in [6, 6.07) is 0.791. The van der Waals surface area contributed by atoms with Crippen molar-refractivity contribution < 1.29 is 9.47 Å². The number of ether oxygens (including phenoxy) is 2. The van der Waals surface area contributed by atoms with E-state index in [2.05, 4.69) is 24.1 Å². The van der Waals surface area contributed by atoms with E-state index in [1.165, 1.54) is 25.7 Å². The zero-order chi connectivity index (χ0) is 14.8. The van der Waals surface area contributed by atoms with Crippen molar-refractivity contribution in [2.75, 3.05) is 53.6 Å². The highest BCUT2D eigenvalue weighted by atomic mass is 16.5. The molecule has 1 N–H and O–H groups in total. The largest absolute Gasteiger partial charge is 0.383 e. The van der Waals surface area contributed by atoms with Gasteiger partial charge in [-0.2, -0.15) is 0 Å². The first kappa shape index (κ1) is 17.9. The van der Waals surface area contributed by atoms with E-state index in [0.717, 1.165) is 45.4 Å². The van der Waals surface area contributed by atoms with Crippen molar-refractivity contribution in [3.8, 4) is 0 Å². The highest BCUT2D eigenvalue weighted by Crippen LogP contribution is 2.29. The van der Waals surface area contributed by atoms with Crippen LogP contribution in [0.4, 0.5) is 0 Å². The predicted octanol–water partition coefficient (Wildman–Crippen LogP) is 2.14. The van der Waals surface area contributed by atoms with E-state index >= 15 is 0 Å². The molecule has 0 aromatic carbocycles. The number of nitrogens with zero attached hydrogens (tertiary/aromatic N) is 1. The Bertz CT molecular complexity index is 233. The number of methoxy groups -OCH3 is 2. The molecule has 0 saturated heterocycles. The third-order valence-corrected chi connectivity index (χ3v) is 4.63. The van der Waals surface area contributed by atoms with Crippen LogP contribution in [-0.4, -0.2) is 64.6 Å². The van der Waals surface area contributed by atoms with Crippen LogP contribution < -0.4 is 5.32 Å². The lowest BCUT2D eigenvalue weighted by molar-refractivity contribution is 0.0738. The lowest BCUT2D eigenvalue weighted by Crippen LogP contribution is -2.46. The lowest BCUT2D eigenvalue weighted by Gasteiger charge is -2.37. The van der Waals surface area contributed by atoms with Crippen molar-refractivity contribution in [2.45, 2.75) is 45.6 Å². The SMILES string of the molecule is CCC(CC)(CNC1CC1)CN(CCOC)CCOC. The van der Waals surface area contributed by atoms with Gasteiger partial charge in [-0.3, -0.25) is 4.90 Å². The quantitative estimate of drug-likeness (QED) is 0.562. The van der Waals surface area contributed by atoms with Crippen LogP contribution in [0.25, 0.3) is 0 Å². The van der Waals surface area contributed by atoms with Crippen molar-refractivity contribution in [3.05, 3.63) is 0 Å². The Morgan fingerprint density at radius 1 is 1.05 bits per heavy atom. The highest BCUT2D eigenvalue weighted by molar-refractivity contribution is 4.88. The molecule has 0 aliphatic heterocycles. The Hall–Kier alpha value is -0.160. The van der Waals surface area contributed by atoms with E-state index in [0.29, 0.717) is 5.41 Å². The van der Waals surface area contributed by atoms with Crippen LogP contribution in [0.5, 0.6) is 0 Å². The van der Waals surface area contributed by atoms with Gasteiger partial charge in [0, 0.05) is 46.4 Å². The van der Waals surface area contributed by atoms with Gasteiger partial charge in [0.05, 0.1) is 13.2 Å². The van der Waals surface area contributed by atoms with Gasteiger partial charge in [-0.1, -0.05) is 13.8 Å². The van der Waals surface area contributed by atoms with E-state index in [1.54, 1.807) is 14.2 Å². The van der Waals surface area contributed by atoms with Gasteiger partial charge >= 0.3 is 0 Å². The van der Waals surface area contributed by atoms with Crippen molar-refractivity contribution >= 4 is 0 Å². The van der Waals surface area contributed by atoms with Gasteiger partial charge in [0.25, 0.3) is 0 Å². The molecular weight excluding hydrogens is 252 g/mol. The molecule has 1 rings (SSSR count). The Morgan fingerprint density at radius 2 is 1.60 bits per heavy atom. The first-order chi connectivity index (χ1) is 9.69. The molecule has 4 heteroatoms. The van der Waals surface area contributed by atoms with Crippen molar-refractivity contribution in [2.24, 2.45) is 5.41 Å². The van der Waals surface area contributed by atoms with Gasteiger partial charge in [-0.15, -0.1) is 0 Å². The van der Waals surface area contributed by atoms with Crippen LogP contribution in [0, 0.1) is 5.41 Å². The maximum Gasteiger partial charge on any atom is 0.0589 e. The molecule has 4 nitrogen and oxygen atoms in total. The van der Waals surface area contributed by atoms with E-state index < -0.39 is 0 Å². The standard InChI is InChI=1S/C16H34N2O2/c1-5-16(6-2,13-17-15-7-8-15)14-18(9-11-19-3)10-12-20-4/h15,17H,5-14H2,1-4H3. The minimum atomic E-state index is 0.379. The number of hydrogen-bond donors (Lipinski definition) is 1. The van der Waals surface area contributed by atoms with Gasteiger partial charge in [0.2, 0.25) is 0 Å². The fraction of sp³-hybridized carbons (Fsp3) is 1.00. The average Bonchev–Trinajstić information content (AvgIpc) is 3.30. The molecule has 0 atom stereocenters. The van der Waals surface area contributed by atoms with Crippen LogP contribution in [0.2, 0.25) is 0 Å². The van der Waals surface area contributed by atoms with Gasteiger partial charge in [-0.05, 0) is 31.1 Å². The summed E-state index contributed by atoms with van der Waals surface area (Å²) in [7, 11) is 3.55. The number of hydrogen-bond acceptors (Lipinski definition) is 4. The highest BCUT2D eigenvalue weighted by Gasteiger charge is 2.31. The van der Waals surface area contributed by atoms with E-state index in [-0.39, 0.29) is 0 Å². The fourth-order valence-electron chi connectivity index (χ4n) is 2.61. The third kappa shape index (κ3) is 6.53. The van der Waals surface area contributed by atoms with Crippen LogP contribution in [0.15, 0.2) is 0 Å². The lowest BCUT2D eigenvalue weighted by atomic mass is 9.81. The molecule has 120 valence electrons. The Labute approximate surface area is 125 Å².